The Morgan fingerprint density at radius 3 is 2.43 bits per heavy atom. The predicted octanol–water partition coefficient (Wildman–Crippen LogP) is 5.82. The fraction of sp³-hybridized carbons (Fsp3) is 0.0435. The molecule has 0 aliphatic heterocycles. The molecular weight excluding hydrogens is 372 g/mol. The number of amides is 1. The number of hydrogen-bond donors (Lipinski definition) is 1. The van der Waals surface area contributed by atoms with Gasteiger partial charge in [-0.1, -0.05) is 41.9 Å². The van der Waals surface area contributed by atoms with Crippen LogP contribution in [0.2, 0.25) is 5.02 Å². The third-order valence-electron chi connectivity index (χ3n) is 4.43. The fourth-order valence-corrected chi connectivity index (χ4v) is 3.14. The quantitative estimate of drug-likeness (QED) is 0.479. The van der Waals surface area contributed by atoms with E-state index in [9.17, 15) is 4.79 Å². The van der Waals surface area contributed by atoms with Crippen molar-refractivity contribution in [2.45, 2.75) is 0 Å². The lowest BCUT2D eigenvalue weighted by Crippen LogP contribution is -2.13. The molecule has 0 bridgehead atoms. The topological polar surface area (TPSA) is 51.2 Å². The number of nitrogens with zero attached hydrogens (tertiary/aromatic N) is 1. The van der Waals surface area contributed by atoms with Crippen molar-refractivity contribution in [3.63, 3.8) is 0 Å². The number of hydrogen-bond acceptors (Lipinski definition) is 3. The molecule has 138 valence electrons. The second-order valence-electron chi connectivity index (χ2n) is 6.27. The van der Waals surface area contributed by atoms with Gasteiger partial charge in [0.25, 0.3) is 5.91 Å². The Kier molecular flexibility index (Phi) is 4.96. The van der Waals surface area contributed by atoms with Crippen molar-refractivity contribution in [2.75, 3.05) is 12.4 Å². The molecule has 0 aliphatic carbocycles. The molecule has 1 N–H and O–H groups in total. The average molecular weight is 389 g/mol. The molecule has 4 rings (SSSR count). The number of pyridine rings is 1. The van der Waals surface area contributed by atoms with Crippen LogP contribution in [-0.2, 0) is 0 Å². The zero-order valence-corrected chi connectivity index (χ0v) is 15.9. The van der Waals surface area contributed by atoms with E-state index in [0.29, 0.717) is 27.5 Å². The van der Waals surface area contributed by atoms with E-state index in [-0.39, 0.29) is 5.91 Å². The summed E-state index contributed by atoms with van der Waals surface area (Å²) in [6.45, 7) is 0. The molecule has 0 unspecified atom stereocenters. The number of nitrogens with one attached hydrogen (secondary N) is 1. The molecule has 4 nitrogen and oxygen atoms in total. The van der Waals surface area contributed by atoms with Crippen molar-refractivity contribution in [1.29, 1.82) is 0 Å². The van der Waals surface area contributed by atoms with E-state index < -0.39 is 0 Å². The van der Waals surface area contributed by atoms with Gasteiger partial charge in [0, 0.05) is 27.7 Å². The summed E-state index contributed by atoms with van der Waals surface area (Å²) in [5.41, 5.74) is 3.58. The lowest BCUT2D eigenvalue weighted by Gasteiger charge is -2.12. The van der Waals surface area contributed by atoms with Crippen molar-refractivity contribution < 1.29 is 9.53 Å². The molecule has 4 aromatic rings. The molecule has 1 aromatic heterocycles. The van der Waals surface area contributed by atoms with Crippen LogP contribution in [0.15, 0.2) is 78.9 Å². The molecule has 1 amide bonds. The van der Waals surface area contributed by atoms with Crippen LogP contribution in [0.25, 0.3) is 22.2 Å². The summed E-state index contributed by atoms with van der Waals surface area (Å²) < 4.78 is 5.32. The van der Waals surface area contributed by atoms with Crippen molar-refractivity contribution in [3.05, 3.63) is 89.4 Å². The summed E-state index contributed by atoms with van der Waals surface area (Å²) in [6, 6.07) is 24.1. The highest BCUT2D eigenvalue weighted by Gasteiger charge is 2.15. The Morgan fingerprint density at radius 2 is 1.71 bits per heavy atom. The van der Waals surface area contributed by atoms with Gasteiger partial charge < -0.3 is 10.1 Å². The summed E-state index contributed by atoms with van der Waals surface area (Å²) in [7, 11) is 1.61. The lowest BCUT2D eigenvalue weighted by molar-refractivity contribution is 0.102. The second kappa shape index (κ2) is 7.71. The van der Waals surface area contributed by atoms with Gasteiger partial charge in [0.05, 0.1) is 23.9 Å². The van der Waals surface area contributed by atoms with Crippen LogP contribution in [0, 0.1) is 0 Å². The van der Waals surface area contributed by atoms with E-state index in [2.05, 4.69) is 5.32 Å². The van der Waals surface area contributed by atoms with E-state index in [4.69, 9.17) is 21.3 Å². The maximum Gasteiger partial charge on any atom is 0.256 e. The van der Waals surface area contributed by atoms with Crippen LogP contribution >= 0.6 is 11.6 Å². The van der Waals surface area contributed by atoms with Gasteiger partial charge >= 0.3 is 0 Å². The maximum atomic E-state index is 13.0. The van der Waals surface area contributed by atoms with Gasteiger partial charge in [-0.15, -0.1) is 0 Å². The molecule has 28 heavy (non-hydrogen) atoms. The van der Waals surface area contributed by atoms with Gasteiger partial charge in [-0.25, -0.2) is 4.98 Å². The normalized spacial score (nSPS) is 10.6. The molecule has 0 radical (unpaired) electrons. The average Bonchev–Trinajstić information content (AvgIpc) is 2.74. The SMILES string of the molecule is COc1ccc2c(C(=O)Nc3ccc(Cl)cc3)cc(-c3ccccc3)nc2c1. The van der Waals surface area contributed by atoms with Crippen LogP contribution in [0.4, 0.5) is 5.69 Å². The highest BCUT2D eigenvalue weighted by atomic mass is 35.5. The van der Waals surface area contributed by atoms with Crippen molar-refractivity contribution in [1.82, 2.24) is 4.98 Å². The summed E-state index contributed by atoms with van der Waals surface area (Å²) in [5.74, 6) is 0.478. The molecule has 0 fully saturated rings. The first kappa shape index (κ1) is 18.0. The molecule has 1 heterocycles. The van der Waals surface area contributed by atoms with Crippen LogP contribution < -0.4 is 10.1 Å². The Morgan fingerprint density at radius 1 is 0.964 bits per heavy atom. The van der Waals surface area contributed by atoms with Crippen LogP contribution in [-0.4, -0.2) is 18.0 Å². The van der Waals surface area contributed by atoms with E-state index in [1.165, 1.54) is 0 Å². The number of methoxy groups -OCH3 is 1. The first-order valence-electron chi connectivity index (χ1n) is 8.75. The minimum atomic E-state index is -0.211. The van der Waals surface area contributed by atoms with Gasteiger partial charge in [-0.05, 0) is 42.5 Å². The van der Waals surface area contributed by atoms with Crippen LogP contribution in [0.5, 0.6) is 5.75 Å². The Hall–Kier alpha value is -3.37. The largest absolute Gasteiger partial charge is 0.497 e. The number of fused-ring (bicyclic) bond motifs is 1. The summed E-state index contributed by atoms with van der Waals surface area (Å²) in [5, 5.41) is 4.30. The van der Waals surface area contributed by atoms with Gasteiger partial charge in [-0.3, -0.25) is 4.79 Å². The van der Waals surface area contributed by atoms with Crippen molar-refractivity contribution >= 4 is 34.1 Å². The Bertz CT molecular complexity index is 1140. The molecular formula is C23H17ClN2O2. The number of carbonyl (C=O) groups excluding carboxylic acids is 1. The first-order valence-corrected chi connectivity index (χ1v) is 9.13. The molecule has 0 aliphatic rings. The van der Waals surface area contributed by atoms with E-state index in [0.717, 1.165) is 16.6 Å². The number of ether oxygens (including phenoxy) is 1. The third-order valence-corrected chi connectivity index (χ3v) is 4.69. The zero-order valence-electron chi connectivity index (χ0n) is 15.1. The molecule has 3 aromatic carbocycles. The smallest absolute Gasteiger partial charge is 0.256 e. The molecule has 0 spiro atoms. The summed E-state index contributed by atoms with van der Waals surface area (Å²) in [6.07, 6.45) is 0. The van der Waals surface area contributed by atoms with Gasteiger partial charge in [-0.2, -0.15) is 0 Å². The van der Waals surface area contributed by atoms with Gasteiger partial charge in [0.15, 0.2) is 0 Å². The highest BCUT2D eigenvalue weighted by molar-refractivity contribution is 6.30. The van der Waals surface area contributed by atoms with Gasteiger partial charge in [0.2, 0.25) is 0 Å². The summed E-state index contributed by atoms with van der Waals surface area (Å²) in [4.78, 5) is 17.8. The Labute approximate surface area is 167 Å². The molecule has 0 saturated carbocycles. The van der Waals surface area contributed by atoms with E-state index >= 15 is 0 Å². The number of halogens is 1. The monoisotopic (exact) mass is 388 g/mol. The first-order chi connectivity index (χ1) is 13.6. The maximum absolute atomic E-state index is 13.0. The Balaban J connectivity index is 1.83. The summed E-state index contributed by atoms with van der Waals surface area (Å²) >= 11 is 5.93. The van der Waals surface area contributed by atoms with Crippen LogP contribution in [0.3, 0.4) is 0 Å². The number of carbonyl (C=O) groups is 1. The number of benzene rings is 3. The van der Waals surface area contributed by atoms with Crippen LogP contribution in [0.1, 0.15) is 10.4 Å². The van der Waals surface area contributed by atoms with Crippen molar-refractivity contribution in [2.24, 2.45) is 0 Å². The molecule has 0 saturated heterocycles. The number of aromatic nitrogens is 1. The third kappa shape index (κ3) is 3.68. The lowest BCUT2D eigenvalue weighted by atomic mass is 10.0. The van der Waals surface area contributed by atoms with Gasteiger partial charge in [0.1, 0.15) is 5.75 Å². The zero-order chi connectivity index (χ0) is 19.5. The molecule has 5 heteroatoms. The van der Waals surface area contributed by atoms with E-state index in [1.54, 1.807) is 31.4 Å². The minimum Gasteiger partial charge on any atom is -0.497 e. The van der Waals surface area contributed by atoms with E-state index in [1.807, 2.05) is 54.6 Å². The van der Waals surface area contributed by atoms with Crippen molar-refractivity contribution in [3.8, 4) is 17.0 Å². The standard InChI is InChI=1S/C23H17ClN2O2/c1-28-18-11-12-19-20(23(27)25-17-9-7-16(24)8-10-17)14-21(26-22(19)13-18)15-5-3-2-4-6-15/h2-14H,1H3,(H,25,27). The fourth-order valence-electron chi connectivity index (χ4n) is 3.01. The number of anilines is 1. The molecule has 0 atom stereocenters. The highest BCUT2D eigenvalue weighted by Crippen LogP contribution is 2.28. The second-order valence-corrected chi connectivity index (χ2v) is 6.70. The predicted molar refractivity (Wildman–Crippen MR) is 113 cm³/mol. The minimum absolute atomic E-state index is 0.211. The number of rotatable bonds is 4.